The van der Waals surface area contributed by atoms with Crippen LogP contribution in [0.2, 0.25) is 0 Å². The molecule has 2 aromatic heterocycles. The monoisotopic (exact) mass is 467 g/mol. The van der Waals surface area contributed by atoms with Crippen LogP contribution in [0.1, 0.15) is 0 Å². The van der Waals surface area contributed by atoms with Crippen LogP contribution < -0.4 is 20.7 Å². The van der Waals surface area contributed by atoms with Gasteiger partial charge in [0.1, 0.15) is 5.75 Å². The van der Waals surface area contributed by atoms with Gasteiger partial charge < -0.3 is 25.3 Å². The van der Waals surface area contributed by atoms with Gasteiger partial charge in [-0.05, 0) is 47.9 Å². The number of rotatable bonds is 7. The van der Waals surface area contributed by atoms with Crippen molar-refractivity contribution in [2.45, 2.75) is 0 Å². The lowest BCUT2D eigenvalue weighted by Gasteiger charge is -2.14. The molecule has 35 heavy (non-hydrogen) atoms. The van der Waals surface area contributed by atoms with Crippen molar-refractivity contribution in [2.75, 3.05) is 36.7 Å². The average molecular weight is 468 g/mol. The summed E-state index contributed by atoms with van der Waals surface area (Å²) in [6, 6.07) is 19.4. The second kappa shape index (κ2) is 9.30. The predicted octanol–water partition coefficient (Wildman–Crippen LogP) is 4.28. The van der Waals surface area contributed by atoms with E-state index in [0.29, 0.717) is 23.3 Å². The Kier molecular flexibility index (Phi) is 5.88. The molecule has 9 heteroatoms. The Morgan fingerprint density at radius 1 is 1.06 bits per heavy atom. The Bertz CT molecular complexity index is 1540. The largest absolute Gasteiger partial charge is 0.497 e. The number of carbonyl (C=O) groups excluding carboxylic acids is 1. The lowest BCUT2D eigenvalue weighted by molar-refractivity contribution is -0.114. The number of amides is 1. The van der Waals surface area contributed by atoms with E-state index in [1.165, 1.54) is 0 Å². The van der Waals surface area contributed by atoms with E-state index in [0.717, 1.165) is 33.1 Å². The molecule has 0 aliphatic heterocycles. The molecule has 0 radical (unpaired) electrons. The number of aromatic nitrogens is 4. The average Bonchev–Trinajstić information content (AvgIpc) is 3.22. The molecule has 0 saturated carbocycles. The van der Waals surface area contributed by atoms with Crippen LogP contribution in [0.3, 0.4) is 0 Å². The summed E-state index contributed by atoms with van der Waals surface area (Å²) in [4.78, 5) is 26.3. The topological polar surface area (TPSA) is 106 Å². The van der Waals surface area contributed by atoms with Gasteiger partial charge in [0, 0.05) is 36.9 Å². The number of nitrogens with zero attached hydrogens (tertiary/aromatic N) is 4. The summed E-state index contributed by atoms with van der Waals surface area (Å²) < 4.78 is 7.34. The SMILES string of the molecule is CNc1nccc(-c2cc(NC(=O)CNc3nc4ccccc4n3C)c3cc(OC)ccc3c2)n1. The first-order valence-corrected chi connectivity index (χ1v) is 11.1. The molecule has 0 saturated heterocycles. The number of aryl methyl sites for hydroxylation is 1. The molecule has 0 bridgehead atoms. The van der Waals surface area contributed by atoms with Crippen LogP contribution in [0.25, 0.3) is 33.1 Å². The zero-order valence-corrected chi connectivity index (χ0v) is 19.7. The Hall–Kier alpha value is -4.66. The smallest absolute Gasteiger partial charge is 0.243 e. The van der Waals surface area contributed by atoms with E-state index in [2.05, 4.69) is 30.9 Å². The number of anilines is 3. The Morgan fingerprint density at radius 3 is 2.71 bits per heavy atom. The van der Waals surface area contributed by atoms with Crippen molar-refractivity contribution < 1.29 is 9.53 Å². The Labute approximate surface area is 202 Å². The van der Waals surface area contributed by atoms with Crippen LogP contribution in [0.5, 0.6) is 5.75 Å². The lowest BCUT2D eigenvalue weighted by Crippen LogP contribution is -2.23. The molecule has 2 heterocycles. The van der Waals surface area contributed by atoms with Crippen molar-refractivity contribution in [2.24, 2.45) is 7.05 Å². The van der Waals surface area contributed by atoms with Crippen LogP contribution in [-0.2, 0) is 11.8 Å². The van der Waals surface area contributed by atoms with Gasteiger partial charge in [-0.2, -0.15) is 0 Å². The van der Waals surface area contributed by atoms with Crippen LogP contribution in [0.4, 0.5) is 17.6 Å². The first kappa shape index (κ1) is 22.1. The maximum absolute atomic E-state index is 13.0. The Balaban J connectivity index is 1.45. The van der Waals surface area contributed by atoms with Gasteiger partial charge in [-0.1, -0.05) is 18.2 Å². The standard InChI is InChI=1S/C26H25N7O2/c1-27-25-28-11-10-20(31-25)17-12-16-8-9-18(35-3)14-19(16)22(13-17)30-24(34)15-29-26-32-21-6-4-5-7-23(21)33(26)2/h4-14H,15H2,1-3H3,(H,29,32)(H,30,34)(H,27,28,31). The normalized spacial score (nSPS) is 10.9. The molecule has 0 aliphatic rings. The van der Waals surface area contributed by atoms with Crippen molar-refractivity contribution in [1.29, 1.82) is 0 Å². The van der Waals surface area contributed by atoms with E-state index in [1.807, 2.05) is 72.3 Å². The van der Waals surface area contributed by atoms with Crippen LogP contribution in [-0.4, -0.2) is 46.1 Å². The molecule has 0 fully saturated rings. The highest BCUT2D eigenvalue weighted by Gasteiger charge is 2.13. The van der Waals surface area contributed by atoms with E-state index in [4.69, 9.17) is 4.74 Å². The maximum Gasteiger partial charge on any atom is 0.243 e. The third-order valence-electron chi connectivity index (χ3n) is 5.80. The van der Waals surface area contributed by atoms with Crippen molar-refractivity contribution in [3.8, 4) is 17.0 Å². The molecule has 0 spiro atoms. The molecule has 0 atom stereocenters. The zero-order valence-electron chi connectivity index (χ0n) is 19.7. The number of benzene rings is 3. The highest BCUT2D eigenvalue weighted by atomic mass is 16.5. The zero-order chi connectivity index (χ0) is 24.4. The predicted molar refractivity (Wildman–Crippen MR) is 139 cm³/mol. The van der Waals surface area contributed by atoms with Gasteiger partial charge in [-0.25, -0.2) is 15.0 Å². The summed E-state index contributed by atoms with van der Waals surface area (Å²) in [5.74, 6) is 1.66. The molecule has 5 aromatic rings. The summed E-state index contributed by atoms with van der Waals surface area (Å²) in [5.41, 5.74) is 4.13. The minimum atomic E-state index is -0.197. The number of ether oxygens (including phenoxy) is 1. The van der Waals surface area contributed by atoms with E-state index in [9.17, 15) is 4.79 Å². The first-order valence-electron chi connectivity index (χ1n) is 11.1. The van der Waals surface area contributed by atoms with Crippen LogP contribution in [0, 0.1) is 0 Å². The summed E-state index contributed by atoms with van der Waals surface area (Å²) in [6.45, 7) is 0.0598. The number of nitrogens with one attached hydrogen (secondary N) is 3. The van der Waals surface area contributed by atoms with Gasteiger partial charge >= 0.3 is 0 Å². The van der Waals surface area contributed by atoms with Gasteiger partial charge in [-0.3, -0.25) is 4.79 Å². The van der Waals surface area contributed by atoms with Crippen LogP contribution in [0.15, 0.2) is 66.9 Å². The summed E-state index contributed by atoms with van der Waals surface area (Å²) >= 11 is 0. The van der Waals surface area contributed by atoms with E-state index in [1.54, 1.807) is 20.4 Å². The van der Waals surface area contributed by atoms with Gasteiger partial charge in [0.05, 0.1) is 30.4 Å². The molecular weight excluding hydrogens is 442 g/mol. The number of methoxy groups -OCH3 is 1. The second-order valence-electron chi connectivity index (χ2n) is 8.01. The van der Waals surface area contributed by atoms with E-state index >= 15 is 0 Å². The molecule has 0 unspecified atom stereocenters. The number of fused-ring (bicyclic) bond motifs is 2. The summed E-state index contributed by atoms with van der Waals surface area (Å²) in [6.07, 6.45) is 1.70. The van der Waals surface area contributed by atoms with Gasteiger partial charge in [0.25, 0.3) is 0 Å². The Morgan fingerprint density at radius 2 is 1.91 bits per heavy atom. The molecule has 176 valence electrons. The molecule has 0 aliphatic carbocycles. The van der Waals surface area contributed by atoms with Crippen LogP contribution >= 0.6 is 0 Å². The molecule has 3 aromatic carbocycles. The maximum atomic E-state index is 13.0. The van der Waals surface area contributed by atoms with Crippen molar-refractivity contribution in [3.63, 3.8) is 0 Å². The van der Waals surface area contributed by atoms with E-state index in [-0.39, 0.29) is 12.5 Å². The van der Waals surface area contributed by atoms with Gasteiger partial charge in [-0.15, -0.1) is 0 Å². The minimum absolute atomic E-state index is 0.0598. The number of hydrogen-bond acceptors (Lipinski definition) is 7. The number of hydrogen-bond donors (Lipinski definition) is 3. The quantitative estimate of drug-likeness (QED) is 0.328. The number of carbonyl (C=O) groups is 1. The number of imidazole rings is 1. The van der Waals surface area contributed by atoms with Gasteiger partial charge in [0.15, 0.2) is 0 Å². The lowest BCUT2D eigenvalue weighted by atomic mass is 10.0. The van der Waals surface area contributed by atoms with Crippen molar-refractivity contribution >= 4 is 45.3 Å². The van der Waals surface area contributed by atoms with Crippen molar-refractivity contribution in [1.82, 2.24) is 19.5 Å². The fourth-order valence-electron chi connectivity index (χ4n) is 4.01. The first-order chi connectivity index (χ1) is 17.1. The fraction of sp³-hybridized carbons (Fsp3) is 0.154. The molecule has 9 nitrogen and oxygen atoms in total. The molecule has 1 amide bonds. The third-order valence-corrected chi connectivity index (χ3v) is 5.80. The fourth-order valence-corrected chi connectivity index (χ4v) is 4.01. The molecule has 3 N–H and O–H groups in total. The van der Waals surface area contributed by atoms with E-state index < -0.39 is 0 Å². The number of para-hydroxylation sites is 2. The minimum Gasteiger partial charge on any atom is -0.497 e. The highest BCUT2D eigenvalue weighted by Crippen LogP contribution is 2.33. The highest BCUT2D eigenvalue weighted by molar-refractivity contribution is 6.05. The summed E-state index contributed by atoms with van der Waals surface area (Å²) in [5, 5.41) is 11.0. The van der Waals surface area contributed by atoms with Crippen molar-refractivity contribution in [3.05, 3.63) is 66.9 Å². The molecule has 5 rings (SSSR count). The second-order valence-corrected chi connectivity index (χ2v) is 8.01. The third kappa shape index (κ3) is 4.43. The van der Waals surface area contributed by atoms with Gasteiger partial charge in [0.2, 0.25) is 17.8 Å². The summed E-state index contributed by atoms with van der Waals surface area (Å²) in [7, 11) is 5.31. The molecular formula is C26H25N7O2.